The first-order valence-electron chi connectivity index (χ1n) is 7.19. The summed E-state index contributed by atoms with van der Waals surface area (Å²) in [5, 5.41) is 8.94. The predicted octanol–water partition coefficient (Wildman–Crippen LogP) is 1.21. The highest BCUT2D eigenvalue weighted by atomic mass is 32.2. The van der Waals surface area contributed by atoms with E-state index >= 15 is 0 Å². The highest BCUT2D eigenvalue weighted by Crippen LogP contribution is 2.28. The third-order valence-electron chi connectivity index (χ3n) is 3.32. The fourth-order valence-corrected chi connectivity index (χ4v) is 3.39. The van der Waals surface area contributed by atoms with E-state index in [2.05, 4.69) is 0 Å². The van der Waals surface area contributed by atoms with Crippen molar-refractivity contribution in [2.75, 3.05) is 27.3 Å². The Hall–Kier alpha value is -2.13. The summed E-state index contributed by atoms with van der Waals surface area (Å²) in [5.74, 6) is -2.59. The lowest BCUT2D eigenvalue weighted by Gasteiger charge is -2.21. The number of rotatable bonds is 8. The molecule has 24 heavy (non-hydrogen) atoms. The molecule has 9 heteroatoms. The van der Waals surface area contributed by atoms with Crippen molar-refractivity contribution in [3.8, 4) is 5.75 Å². The van der Waals surface area contributed by atoms with Crippen molar-refractivity contribution in [3.63, 3.8) is 0 Å². The molecule has 0 aromatic heterocycles. The Labute approximate surface area is 141 Å². The highest BCUT2D eigenvalue weighted by molar-refractivity contribution is 7.89. The fourth-order valence-electron chi connectivity index (χ4n) is 1.95. The number of carboxylic acid groups (broad SMARTS) is 1. The van der Waals surface area contributed by atoms with Crippen molar-refractivity contribution in [2.24, 2.45) is 5.92 Å². The molecule has 0 heterocycles. The summed E-state index contributed by atoms with van der Waals surface area (Å²) >= 11 is 0. The van der Waals surface area contributed by atoms with Crippen molar-refractivity contribution in [3.05, 3.63) is 23.8 Å². The van der Waals surface area contributed by atoms with E-state index in [1.165, 1.54) is 33.2 Å². The molecule has 0 amide bonds. The normalized spacial score (nSPS) is 12.7. The SMILES string of the molecule is CCOC(=O)c1ccc(OC)c(S(=O)(=O)N(C)CC(C)C(=O)O)c1. The Balaban J connectivity index is 3.27. The number of esters is 1. The smallest absolute Gasteiger partial charge is 0.338 e. The molecule has 134 valence electrons. The average molecular weight is 359 g/mol. The highest BCUT2D eigenvalue weighted by Gasteiger charge is 2.28. The summed E-state index contributed by atoms with van der Waals surface area (Å²) < 4.78 is 36.2. The zero-order valence-electron chi connectivity index (χ0n) is 14.0. The van der Waals surface area contributed by atoms with Gasteiger partial charge in [-0.05, 0) is 25.1 Å². The molecule has 1 unspecified atom stereocenters. The molecule has 0 spiro atoms. The number of carbonyl (C=O) groups is 2. The third kappa shape index (κ3) is 4.45. The second kappa shape index (κ2) is 8.11. The van der Waals surface area contributed by atoms with Gasteiger partial charge in [0.25, 0.3) is 0 Å². The van der Waals surface area contributed by atoms with E-state index in [1.54, 1.807) is 6.92 Å². The van der Waals surface area contributed by atoms with Gasteiger partial charge in [0.15, 0.2) is 0 Å². The molecular formula is C15H21NO7S. The topological polar surface area (TPSA) is 110 Å². The fraction of sp³-hybridized carbons (Fsp3) is 0.467. The van der Waals surface area contributed by atoms with Crippen LogP contribution in [0.4, 0.5) is 0 Å². The maximum Gasteiger partial charge on any atom is 0.338 e. The first kappa shape index (κ1) is 19.9. The maximum absolute atomic E-state index is 12.7. The molecule has 1 atom stereocenters. The summed E-state index contributed by atoms with van der Waals surface area (Å²) in [4.78, 5) is 22.5. The van der Waals surface area contributed by atoms with Crippen LogP contribution in [-0.2, 0) is 19.6 Å². The summed E-state index contributed by atoms with van der Waals surface area (Å²) in [5.41, 5.74) is 0.0657. The summed E-state index contributed by atoms with van der Waals surface area (Å²) in [7, 11) is -1.47. The molecule has 0 saturated heterocycles. The first-order valence-corrected chi connectivity index (χ1v) is 8.63. The van der Waals surface area contributed by atoms with Crippen molar-refractivity contribution in [1.29, 1.82) is 0 Å². The van der Waals surface area contributed by atoms with E-state index in [0.717, 1.165) is 10.4 Å². The van der Waals surface area contributed by atoms with Gasteiger partial charge in [0, 0.05) is 13.6 Å². The van der Waals surface area contributed by atoms with Crippen molar-refractivity contribution >= 4 is 22.0 Å². The zero-order chi connectivity index (χ0) is 18.5. The predicted molar refractivity (Wildman–Crippen MR) is 85.6 cm³/mol. The molecular weight excluding hydrogens is 338 g/mol. The second-order valence-corrected chi connectivity index (χ2v) is 7.12. The van der Waals surface area contributed by atoms with Crippen molar-refractivity contribution in [1.82, 2.24) is 4.31 Å². The average Bonchev–Trinajstić information content (AvgIpc) is 2.54. The minimum absolute atomic E-state index is 0.0536. The number of nitrogens with zero attached hydrogens (tertiary/aromatic N) is 1. The number of carbonyl (C=O) groups excluding carboxylic acids is 1. The molecule has 0 aliphatic heterocycles. The number of hydrogen-bond acceptors (Lipinski definition) is 6. The Bertz CT molecular complexity index is 715. The first-order chi connectivity index (χ1) is 11.1. The van der Waals surface area contributed by atoms with Crippen LogP contribution in [0.3, 0.4) is 0 Å². The van der Waals surface area contributed by atoms with Crippen LogP contribution in [0.2, 0.25) is 0 Å². The van der Waals surface area contributed by atoms with E-state index in [4.69, 9.17) is 14.6 Å². The molecule has 0 radical (unpaired) electrons. The van der Waals surface area contributed by atoms with Crippen LogP contribution in [0, 0.1) is 5.92 Å². The van der Waals surface area contributed by atoms with Crippen LogP contribution in [0.5, 0.6) is 5.75 Å². The molecule has 0 saturated carbocycles. The molecule has 0 fully saturated rings. The number of benzene rings is 1. The van der Waals surface area contributed by atoms with Crippen LogP contribution >= 0.6 is 0 Å². The van der Waals surface area contributed by atoms with Gasteiger partial charge in [0.2, 0.25) is 10.0 Å². The van der Waals surface area contributed by atoms with E-state index < -0.39 is 27.9 Å². The van der Waals surface area contributed by atoms with Gasteiger partial charge < -0.3 is 14.6 Å². The summed E-state index contributed by atoms with van der Waals surface area (Å²) in [6.07, 6.45) is 0. The van der Waals surface area contributed by atoms with Crippen LogP contribution < -0.4 is 4.74 Å². The van der Waals surface area contributed by atoms with Gasteiger partial charge in [-0.15, -0.1) is 0 Å². The molecule has 1 aromatic rings. The monoisotopic (exact) mass is 359 g/mol. The van der Waals surface area contributed by atoms with Gasteiger partial charge in [0.1, 0.15) is 10.6 Å². The van der Waals surface area contributed by atoms with Gasteiger partial charge in [-0.3, -0.25) is 4.79 Å². The van der Waals surface area contributed by atoms with Crippen LogP contribution in [0.25, 0.3) is 0 Å². The van der Waals surface area contributed by atoms with E-state index in [9.17, 15) is 18.0 Å². The minimum Gasteiger partial charge on any atom is -0.495 e. The Morgan fingerprint density at radius 2 is 1.96 bits per heavy atom. The molecule has 0 aliphatic carbocycles. The number of sulfonamides is 1. The molecule has 0 aliphatic rings. The molecule has 1 N–H and O–H groups in total. The van der Waals surface area contributed by atoms with E-state index in [0.29, 0.717) is 0 Å². The standard InChI is InChI=1S/C15H21NO7S/c1-5-23-15(19)11-6-7-12(22-4)13(8-11)24(20,21)16(3)9-10(2)14(17)18/h6-8,10H,5,9H2,1-4H3,(H,17,18). The van der Waals surface area contributed by atoms with Gasteiger partial charge in [-0.1, -0.05) is 6.92 Å². The van der Waals surface area contributed by atoms with Crippen LogP contribution in [-0.4, -0.2) is 57.1 Å². The lowest BCUT2D eigenvalue weighted by molar-refractivity contribution is -0.141. The Kier molecular flexibility index (Phi) is 6.73. The van der Waals surface area contributed by atoms with Crippen molar-refractivity contribution in [2.45, 2.75) is 18.7 Å². The Morgan fingerprint density at radius 3 is 2.46 bits per heavy atom. The van der Waals surface area contributed by atoms with Gasteiger partial charge in [0.05, 0.1) is 25.2 Å². The largest absolute Gasteiger partial charge is 0.495 e. The van der Waals surface area contributed by atoms with Gasteiger partial charge in [-0.25, -0.2) is 13.2 Å². The molecule has 8 nitrogen and oxygen atoms in total. The molecule has 0 bridgehead atoms. The maximum atomic E-state index is 12.7. The summed E-state index contributed by atoms with van der Waals surface area (Å²) in [6, 6.07) is 3.91. The minimum atomic E-state index is -4.04. The van der Waals surface area contributed by atoms with E-state index in [-0.39, 0.29) is 29.4 Å². The molecule has 1 rings (SSSR count). The number of ether oxygens (including phenoxy) is 2. The van der Waals surface area contributed by atoms with Crippen molar-refractivity contribution < 1.29 is 32.6 Å². The van der Waals surface area contributed by atoms with Crippen LogP contribution in [0.15, 0.2) is 23.1 Å². The Morgan fingerprint density at radius 1 is 1.33 bits per heavy atom. The number of hydrogen-bond donors (Lipinski definition) is 1. The van der Waals surface area contributed by atoms with Crippen LogP contribution in [0.1, 0.15) is 24.2 Å². The number of carboxylic acids is 1. The quantitative estimate of drug-likeness (QED) is 0.695. The van der Waals surface area contributed by atoms with Gasteiger partial charge in [-0.2, -0.15) is 4.31 Å². The zero-order valence-corrected chi connectivity index (χ0v) is 14.8. The number of aliphatic carboxylic acids is 1. The lowest BCUT2D eigenvalue weighted by atomic mass is 10.2. The van der Waals surface area contributed by atoms with E-state index in [1.807, 2.05) is 0 Å². The summed E-state index contributed by atoms with van der Waals surface area (Å²) in [6.45, 7) is 2.98. The lowest BCUT2D eigenvalue weighted by Crippen LogP contribution is -2.34. The van der Waals surface area contributed by atoms with Gasteiger partial charge >= 0.3 is 11.9 Å². The second-order valence-electron chi connectivity index (χ2n) is 5.11. The number of methoxy groups -OCH3 is 1. The molecule has 1 aromatic carbocycles. The third-order valence-corrected chi connectivity index (χ3v) is 5.16.